The van der Waals surface area contributed by atoms with Gasteiger partial charge in [0.15, 0.2) is 11.5 Å². The van der Waals surface area contributed by atoms with Gasteiger partial charge >= 0.3 is 0 Å². The molecule has 0 bridgehead atoms. The van der Waals surface area contributed by atoms with E-state index >= 15 is 0 Å². The minimum atomic E-state index is -0.430. The van der Waals surface area contributed by atoms with E-state index in [2.05, 4.69) is 21.4 Å². The summed E-state index contributed by atoms with van der Waals surface area (Å²) in [6, 6.07) is 13.5. The van der Waals surface area contributed by atoms with Gasteiger partial charge in [0.25, 0.3) is 5.56 Å². The maximum atomic E-state index is 11.9. The lowest BCUT2D eigenvalue weighted by molar-refractivity contribution is 0.284. The fourth-order valence-electron chi connectivity index (χ4n) is 2.48. The van der Waals surface area contributed by atoms with Crippen LogP contribution < -0.4 is 15.0 Å². The molecule has 8 heteroatoms. The number of benzene rings is 2. The van der Waals surface area contributed by atoms with Gasteiger partial charge in [-0.25, -0.2) is 0 Å². The van der Waals surface area contributed by atoms with Crippen molar-refractivity contribution in [1.29, 1.82) is 0 Å². The number of nitrogens with one attached hydrogen (secondary N) is 1. The lowest BCUT2D eigenvalue weighted by Crippen LogP contribution is -2.18. The van der Waals surface area contributed by atoms with Gasteiger partial charge in [-0.1, -0.05) is 35.9 Å². The number of ether oxygens (including phenoxy) is 2. The topological polar surface area (TPSA) is 81.5 Å². The number of para-hydroxylation sites is 1. The molecule has 0 unspecified atom stereocenters. The number of hydrogen-bond donors (Lipinski definition) is 1. The van der Waals surface area contributed by atoms with Gasteiger partial charge in [-0.05, 0) is 36.8 Å². The number of aromatic nitrogens is 3. The van der Waals surface area contributed by atoms with E-state index in [1.807, 2.05) is 37.3 Å². The van der Waals surface area contributed by atoms with Crippen molar-refractivity contribution >= 4 is 18.4 Å². The number of hydrogen-bond acceptors (Lipinski definition) is 6. The lowest BCUT2D eigenvalue weighted by Gasteiger charge is -2.13. The minimum Gasteiger partial charge on any atom is -0.493 e. The summed E-state index contributed by atoms with van der Waals surface area (Å²) in [5.41, 5.74) is 2.42. The smallest absolute Gasteiger partial charge is 0.293 e. The van der Waals surface area contributed by atoms with Gasteiger partial charge in [0, 0.05) is 5.56 Å². The number of aryl methyl sites for hydroxylation is 1. The molecule has 0 radical (unpaired) electrons. The van der Waals surface area contributed by atoms with Gasteiger partial charge in [-0.3, -0.25) is 9.89 Å². The third kappa shape index (κ3) is 4.48. The molecule has 0 aliphatic heterocycles. The van der Waals surface area contributed by atoms with Crippen molar-refractivity contribution in [3.63, 3.8) is 0 Å². The van der Waals surface area contributed by atoms with E-state index in [9.17, 15) is 4.79 Å². The summed E-state index contributed by atoms with van der Waals surface area (Å²) in [5.74, 6) is 1.10. The van der Waals surface area contributed by atoms with Crippen molar-refractivity contribution < 1.29 is 9.47 Å². The molecule has 0 spiro atoms. The molecule has 0 aliphatic rings. The molecule has 1 aromatic heterocycles. The average molecular weight is 382 g/mol. The summed E-state index contributed by atoms with van der Waals surface area (Å²) in [6.45, 7) is 2.40. The first-order valence-corrected chi connectivity index (χ1v) is 8.56. The number of aromatic amines is 1. The quantitative estimate of drug-likeness (QED) is 0.523. The zero-order valence-corrected chi connectivity index (χ0v) is 15.7. The van der Waals surface area contributed by atoms with Gasteiger partial charge in [0.1, 0.15) is 12.8 Å². The Balaban J connectivity index is 1.93. The molecule has 0 atom stereocenters. The van der Waals surface area contributed by atoms with E-state index in [1.165, 1.54) is 6.21 Å². The summed E-state index contributed by atoms with van der Waals surface area (Å²) < 4.78 is 12.6. The number of H-pyrrole nitrogens is 1. The van der Waals surface area contributed by atoms with Crippen LogP contribution in [-0.4, -0.2) is 28.2 Å². The molecule has 0 amide bonds. The first kappa shape index (κ1) is 18.5. The molecule has 27 heavy (non-hydrogen) atoms. The van der Waals surface area contributed by atoms with Gasteiger partial charge < -0.3 is 9.47 Å². The molecule has 3 aromatic rings. The first-order valence-electron chi connectivity index (χ1n) is 8.15. The monoisotopic (exact) mass is 382 g/mol. The van der Waals surface area contributed by atoms with Crippen molar-refractivity contribution in [2.24, 2.45) is 5.10 Å². The third-order valence-corrected chi connectivity index (χ3v) is 4.01. The molecule has 0 saturated heterocycles. The molecule has 0 fully saturated rings. The van der Waals surface area contributed by atoms with E-state index in [0.717, 1.165) is 22.0 Å². The van der Waals surface area contributed by atoms with Crippen molar-refractivity contribution in [3.05, 3.63) is 80.5 Å². The Labute approximate surface area is 160 Å². The number of methoxy groups -OCH3 is 1. The fourth-order valence-corrected chi connectivity index (χ4v) is 2.67. The van der Waals surface area contributed by atoms with Gasteiger partial charge in [-0.2, -0.15) is 14.9 Å². The Morgan fingerprint density at radius 3 is 2.85 bits per heavy atom. The van der Waals surface area contributed by atoms with Crippen LogP contribution in [0.2, 0.25) is 0 Å². The van der Waals surface area contributed by atoms with Crippen LogP contribution in [0.5, 0.6) is 11.5 Å². The Morgan fingerprint density at radius 2 is 2.11 bits per heavy atom. The first-order chi connectivity index (χ1) is 13.1. The predicted octanol–water partition coefficient (Wildman–Crippen LogP) is 3.08. The normalized spacial score (nSPS) is 10.9. The van der Waals surface area contributed by atoms with Crippen LogP contribution in [0.4, 0.5) is 0 Å². The van der Waals surface area contributed by atoms with Crippen molar-refractivity contribution in [2.75, 3.05) is 7.11 Å². The van der Waals surface area contributed by atoms with E-state index in [1.54, 1.807) is 13.2 Å². The SMILES string of the molecule is COc1cccc(/C=N/n2c(=O)cn[nH]c2=S)c1OCc1cccc(C)c1. The summed E-state index contributed by atoms with van der Waals surface area (Å²) >= 11 is 5.04. The highest BCUT2D eigenvalue weighted by Gasteiger charge is 2.10. The largest absolute Gasteiger partial charge is 0.493 e. The lowest BCUT2D eigenvalue weighted by atomic mass is 10.1. The maximum Gasteiger partial charge on any atom is 0.293 e. The van der Waals surface area contributed by atoms with Crippen molar-refractivity contribution in [3.8, 4) is 11.5 Å². The van der Waals surface area contributed by atoms with Crippen molar-refractivity contribution in [1.82, 2.24) is 14.9 Å². The van der Waals surface area contributed by atoms with E-state index in [4.69, 9.17) is 21.7 Å². The highest BCUT2D eigenvalue weighted by atomic mass is 32.1. The molecule has 1 N–H and O–H groups in total. The standard InChI is InChI=1S/C19H18N4O3S/c1-13-5-3-6-14(9-13)12-26-18-15(7-4-8-16(18)25-2)10-21-23-17(24)11-20-22-19(23)27/h3-11H,12H2,1-2H3,(H,22,27)/b21-10+. The second-order valence-corrected chi connectivity index (χ2v) is 6.11. The minimum absolute atomic E-state index is 0.101. The zero-order chi connectivity index (χ0) is 19.2. The molecule has 7 nitrogen and oxygen atoms in total. The maximum absolute atomic E-state index is 11.9. The summed E-state index contributed by atoms with van der Waals surface area (Å²) in [5, 5.41) is 10.3. The second kappa shape index (κ2) is 8.41. The molecule has 3 rings (SSSR count). The van der Waals surface area contributed by atoms with Crippen LogP contribution >= 0.6 is 12.2 Å². The van der Waals surface area contributed by atoms with Crippen molar-refractivity contribution in [2.45, 2.75) is 13.5 Å². The fraction of sp³-hybridized carbons (Fsp3) is 0.158. The predicted molar refractivity (Wildman–Crippen MR) is 105 cm³/mol. The van der Waals surface area contributed by atoms with Crippen LogP contribution in [-0.2, 0) is 6.61 Å². The summed E-state index contributed by atoms with van der Waals surface area (Å²) in [6.07, 6.45) is 2.60. The Kier molecular flexibility index (Phi) is 5.77. The molecular formula is C19H18N4O3S. The molecule has 138 valence electrons. The van der Waals surface area contributed by atoms with Gasteiger partial charge in [0.05, 0.1) is 13.3 Å². The second-order valence-electron chi connectivity index (χ2n) is 5.73. The van der Waals surface area contributed by atoms with Gasteiger partial charge in [0.2, 0.25) is 4.77 Å². The highest BCUT2D eigenvalue weighted by Crippen LogP contribution is 2.31. The summed E-state index contributed by atoms with van der Waals surface area (Å²) in [7, 11) is 1.57. The van der Waals surface area contributed by atoms with Crippen LogP contribution in [0.25, 0.3) is 0 Å². The molecule has 1 heterocycles. The molecule has 0 saturated carbocycles. The van der Waals surface area contributed by atoms with E-state index in [0.29, 0.717) is 23.7 Å². The van der Waals surface area contributed by atoms with Crippen LogP contribution in [0.3, 0.4) is 0 Å². The average Bonchev–Trinajstić information content (AvgIpc) is 2.66. The van der Waals surface area contributed by atoms with Crippen LogP contribution in [0.15, 0.2) is 58.6 Å². The third-order valence-electron chi connectivity index (χ3n) is 3.74. The number of rotatable bonds is 6. The molecule has 2 aromatic carbocycles. The van der Waals surface area contributed by atoms with Crippen LogP contribution in [0, 0.1) is 11.7 Å². The zero-order valence-electron chi connectivity index (χ0n) is 14.9. The Hall–Kier alpha value is -3.26. The highest BCUT2D eigenvalue weighted by molar-refractivity contribution is 7.71. The Bertz CT molecular complexity index is 1060. The molecule has 0 aliphatic carbocycles. The number of nitrogens with zero attached hydrogens (tertiary/aromatic N) is 3. The molecular weight excluding hydrogens is 364 g/mol. The van der Waals surface area contributed by atoms with E-state index < -0.39 is 5.56 Å². The van der Waals surface area contributed by atoms with Gasteiger partial charge in [-0.15, -0.1) is 0 Å². The van der Waals surface area contributed by atoms with E-state index in [-0.39, 0.29) is 4.77 Å². The Morgan fingerprint density at radius 1 is 1.30 bits per heavy atom. The summed E-state index contributed by atoms with van der Waals surface area (Å²) in [4.78, 5) is 11.9. The van der Waals surface area contributed by atoms with Crippen LogP contribution in [0.1, 0.15) is 16.7 Å².